The second kappa shape index (κ2) is 9.17. The molecule has 0 bridgehead atoms. The maximum atomic E-state index is 13.0. The Labute approximate surface area is 176 Å². The van der Waals surface area contributed by atoms with Gasteiger partial charge in [0.25, 0.3) is 0 Å². The fraction of sp³-hybridized carbons (Fsp3) is 0.565. The average Bonchev–Trinajstić information content (AvgIpc) is 2.76. The van der Waals surface area contributed by atoms with Crippen LogP contribution in [0.5, 0.6) is 0 Å². The predicted octanol–water partition coefficient (Wildman–Crippen LogP) is 0.609. The van der Waals surface area contributed by atoms with Gasteiger partial charge < -0.3 is 24.4 Å². The number of amides is 2. The molecule has 0 unspecified atom stereocenters. The number of ether oxygens (including phenoxy) is 2. The molecule has 3 aliphatic rings. The molecule has 0 spiro atoms. The number of hydrogen-bond acceptors (Lipinski definition) is 5. The monoisotopic (exact) mass is 412 g/mol. The minimum atomic E-state index is -0.242. The van der Waals surface area contributed by atoms with Crippen LogP contribution in [-0.4, -0.2) is 85.4 Å². The van der Waals surface area contributed by atoms with E-state index in [2.05, 4.69) is 11.8 Å². The molecule has 0 aromatic heterocycles. The van der Waals surface area contributed by atoms with Crippen molar-refractivity contribution in [1.82, 2.24) is 9.80 Å². The van der Waals surface area contributed by atoms with Crippen molar-refractivity contribution < 1.29 is 24.2 Å². The Hall–Kier alpha value is -2.40. The first-order valence-electron chi connectivity index (χ1n) is 10.5. The van der Waals surface area contributed by atoms with Gasteiger partial charge in [0.2, 0.25) is 11.8 Å². The second-order valence-corrected chi connectivity index (χ2v) is 8.11. The van der Waals surface area contributed by atoms with Crippen LogP contribution in [0.4, 0.5) is 0 Å². The Morgan fingerprint density at radius 2 is 2.00 bits per heavy atom. The second-order valence-electron chi connectivity index (χ2n) is 8.11. The van der Waals surface area contributed by atoms with E-state index in [1.807, 2.05) is 24.3 Å². The lowest BCUT2D eigenvalue weighted by Crippen LogP contribution is -2.73. The molecule has 0 aliphatic carbocycles. The third-order valence-electron chi connectivity index (χ3n) is 6.38. The molecular weight excluding hydrogens is 384 g/mol. The lowest BCUT2D eigenvalue weighted by molar-refractivity contribution is -0.169. The van der Waals surface area contributed by atoms with E-state index >= 15 is 0 Å². The van der Waals surface area contributed by atoms with Gasteiger partial charge in [-0.15, -0.1) is 0 Å². The lowest BCUT2D eigenvalue weighted by atomic mass is 9.73. The summed E-state index contributed by atoms with van der Waals surface area (Å²) < 4.78 is 10.3. The normalized spacial score (nSPS) is 26.5. The van der Waals surface area contributed by atoms with Gasteiger partial charge in [0.05, 0.1) is 25.2 Å². The lowest BCUT2D eigenvalue weighted by Gasteiger charge is -2.59. The summed E-state index contributed by atoms with van der Waals surface area (Å²) in [6, 6.07) is 7.57. The summed E-state index contributed by atoms with van der Waals surface area (Å²) in [5.74, 6) is 5.89. The van der Waals surface area contributed by atoms with Crippen molar-refractivity contribution in [2.24, 2.45) is 5.92 Å². The van der Waals surface area contributed by atoms with Gasteiger partial charge >= 0.3 is 0 Å². The zero-order chi connectivity index (χ0) is 21.1. The number of aliphatic hydroxyl groups excluding tert-OH is 1. The molecule has 4 rings (SSSR count). The first-order valence-corrected chi connectivity index (χ1v) is 10.5. The van der Waals surface area contributed by atoms with Crippen LogP contribution in [0.2, 0.25) is 0 Å². The number of rotatable bonds is 4. The molecule has 0 saturated carbocycles. The van der Waals surface area contributed by atoms with Crippen molar-refractivity contribution in [3.63, 3.8) is 0 Å². The third kappa shape index (κ3) is 3.95. The summed E-state index contributed by atoms with van der Waals surface area (Å²) in [6.07, 6.45) is 1.43. The van der Waals surface area contributed by atoms with Crippen LogP contribution >= 0.6 is 0 Å². The maximum absolute atomic E-state index is 13.0. The highest BCUT2D eigenvalue weighted by Gasteiger charge is 2.54. The predicted molar refractivity (Wildman–Crippen MR) is 110 cm³/mol. The molecule has 1 aromatic rings. The van der Waals surface area contributed by atoms with Crippen molar-refractivity contribution in [2.75, 3.05) is 46.6 Å². The highest BCUT2D eigenvalue weighted by atomic mass is 16.5. The van der Waals surface area contributed by atoms with Crippen molar-refractivity contribution in [2.45, 2.75) is 30.8 Å². The van der Waals surface area contributed by atoms with Gasteiger partial charge in [0.15, 0.2) is 0 Å². The zero-order valence-electron chi connectivity index (χ0n) is 17.3. The van der Waals surface area contributed by atoms with Gasteiger partial charge in [-0.05, 0) is 30.5 Å². The SMILES string of the molecule is COCC#Cc1ccc([C@@H]2[C@H]3CN(C(=O)C4CCOCC4)CC(=O)N3[C@H]2CO)cc1. The highest BCUT2D eigenvalue weighted by Crippen LogP contribution is 2.43. The summed E-state index contributed by atoms with van der Waals surface area (Å²) in [5, 5.41) is 9.93. The Kier molecular flexibility index (Phi) is 6.38. The summed E-state index contributed by atoms with van der Waals surface area (Å²) in [6.45, 7) is 2.11. The fourth-order valence-corrected chi connectivity index (χ4v) is 4.87. The third-order valence-corrected chi connectivity index (χ3v) is 6.38. The molecule has 3 aliphatic heterocycles. The van der Waals surface area contributed by atoms with Gasteiger partial charge in [-0.25, -0.2) is 0 Å². The van der Waals surface area contributed by atoms with E-state index < -0.39 is 0 Å². The van der Waals surface area contributed by atoms with E-state index in [0.717, 1.165) is 11.1 Å². The topological polar surface area (TPSA) is 79.3 Å². The first-order chi connectivity index (χ1) is 14.6. The van der Waals surface area contributed by atoms with Gasteiger partial charge in [-0.1, -0.05) is 24.0 Å². The number of nitrogens with zero attached hydrogens (tertiary/aromatic N) is 2. The van der Waals surface area contributed by atoms with Gasteiger partial charge in [0, 0.05) is 44.3 Å². The average molecular weight is 412 g/mol. The summed E-state index contributed by atoms with van der Waals surface area (Å²) in [4.78, 5) is 29.2. The number of carbonyl (C=O) groups is 2. The number of aliphatic hydroxyl groups is 1. The Morgan fingerprint density at radius 3 is 2.67 bits per heavy atom. The van der Waals surface area contributed by atoms with E-state index in [9.17, 15) is 14.7 Å². The molecule has 2 amide bonds. The molecule has 3 saturated heterocycles. The smallest absolute Gasteiger partial charge is 0.242 e. The molecule has 30 heavy (non-hydrogen) atoms. The quantitative estimate of drug-likeness (QED) is 0.733. The number of methoxy groups -OCH3 is 1. The number of hydrogen-bond donors (Lipinski definition) is 1. The highest BCUT2D eigenvalue weighted by molar-refractivity contribution is 5.88. The molecule has 0 radical (unpaired) electrons. The number of fused-ring (bicyclic) bond motifs is 1. The van der Waals surface area contributed by atoms with Crippen LogP contribution in [0, 0.1) is 17.8 Å². The molecule has 3 heterocycles. The van der Waals surface area contributed by atoms with Gasteiger partial charge in [-0.3, -0.25) is 9.59 Å². The van der Waals surface area contributed by atoms with E-state index in [-0.39, 0.29) is 48.9 Å². The van der Waals surface area contributed by atoms with Crippen LogP contribution in [0.3, 0.4) is 0 Å². The van der Waals surface area contributed by atoms with Crippen LogP contribution in [0.1, 0.15) is 29.9 Å². The van der Waals surface area contributed by atoms with E-state index in [1.54, 1.807) is 16.9 Å². The van der Waals surface area contributed by atoms with E-state index in [4.69, 9.17) is 9.47 Å². The van der Waals surface area contributed by atoms with Crippen molar-refractivity contribution >= 4 is 11.8 Å². The van der Waals surface area contributed by atoms with E-state index in [1.165, 1.54) is 0 Å². The molecule has 1 aromatic carbocycles. The summed E-state index contributed by atoms with van der Waals surface area (Å²) >= 11 is 0. The van der Waals surface area contributed by atoms with Gasteiger partial charge in [0.1, 0.15) is 6.61 Å². The first kappa shape index (κ1) is 20.9. The van der Waals surface area contributed by atoms with Crippen LogP contribution in [0.15, 0.2) is 24.3 Å². The van der Waals surface area contributed by atoms with Crippen molar-refractivity contribution in [1.29, 1.82) is 0 Å². The van der Waals surface area contributed by atoms with Gasteiger partial charge in [-0.2, -0.15) is 0 Å². The largest absolute Gasteiger partial charge is 0.394 e. The molecule has 3 fully saturated rings. The molecule has 7 heteroatoms. The summed E-state index contributed by atoms with van der Waals surface area (Å²) in [5.41, 5.74) is 1.95. The minimum absolute atomic E-state index is 0.00484. The maximum Gasteiger partial charge on any atom is 0.242 e. The number of carbonyl (C=O) groups excluding carboxylic acids is 2. The molecule has 7 nitrogen and oxygen atoms in total. The minimum Gasteiger partial charge on any atom is -0.394 e. The zero-order valence-corrected chi connectivity index (χ0v) is 17.3. The molecule has 3 atom stereocenters. The van der Waals surface area contributed by atoms with Crippen molar-refractivity contribution in [3.05, 3.63) is 35.4 Å². The fourth-order valence-electron chi connectivity index (χ4n) is 4.87. The molecule has 160 valence electrons. The van der Waals surface area contributed by atoms with E-state index in [0.29, 0.717) is 39.2 Å². The van der Waals surface area contributed by atoms with Crippen molar-refractivity contribution in [3.8, 4) is 11.8 Å². The molecule has 1 N–H and O–H groups in total. The van der Waals surface area contributed by atoms with Crippen LogP contribution < -0.4 is 0 Å². The summed E-state index contributed by atoms with van der Waals surface area (Å²) in [7, 11) is 1.61. The Bertz CT molecular complexity index is 837. The Balaban J connectivity index is 1.49. The Morgan fingerprint density at radius 1 is 1.27 bits per heavy atom. The molecular formula is C23H28N2O5. The van der Waals surface area contributed by atoms with Crippen LogP contribution in [0.25, 0.3) is 0 Å². The van der Waals surface area contributed by atoms with Crippen LogP contribution in [-0.2, 0) is 19.1 Å². The number of benzene rings is 1. The standard InChI is InChI=1S/C23H28N2O5/c1-29-10-2-3-16-4-6-17(7-5-16)22-19-13-24(14-21(27)25(19)20(22)15-26)23(28)18-8-11-30-12-9-18/h4-7,18-20,22,26H,8-15H2,1H3/t19-,20+,22-/m1/s1. The number of piperazine rings is 1.